The van der Waals surface area contributed by atoms with Crippen LogP contribution >= 0.6 is 0 Å². The molecule has 1 aliphatic rings. The molecule has 1 unspecified atom stereocenters. The molecule has 0 fully saturated rings. The summed E-state index contributed by atoms with van der Waals surface area (Å²) in [5, 5.41) is 16.5. The smallest absolute Gasteiger partial charge is 0.338 e. The van der Waals surface area contributed by atoms with E-state index >= 15 is 0 Å². The molecule has 0 saturated carbocycles. The number of allylic oxidation sites excluding steroid dienone is 1. The highest BCUT2D eigenvalue weighted by atomic mass is 16.6. The average molecular weight is 363 g/mol. The van der Waals surface area contributed by atoms with Gasteiger partial charge in [0.15, 0.2) is 5.75 Å². The second-order valence-corrected chi connectivity index (χ2v) is 5.62. The summed E-state index contributed by atoms with van der Waals surface area (Å²) < 4.78 is 10.4. The van der Waals surface area contributed by atoms with E-state index in [0.29, 0.717) is 24.3 Å². The summed E-state index contributed by atoms with van der Waals surface area (Å²) in [6.45, 7) is 5.65. The standard InChI is InChI=1S/C17H21N3O6/c1-4-8-26-13-7-6-11(9-12(13)20(23)24)15-14(16(21)25-5-2)10(3)18-17(22)19-15/h6-7,9,15H,4-5,8H2,1-3H3,(H2,18,19,22). The van der Waals surface area contributed by atoms with Crippen molar-refractivity contribution in [2.24, 2.45) is 0 Å². The first-order valence-corrected chi connectivity index (χ1v) is 8.25. The Morgan fingerprint density at radius 1 is 1.35 bits per heavy atom. The Hall–Kier alpha value is -3.10. The normalized spacial score (nSPS) is 16.6. The van der Waals surface area contributed by atoms with Crippen LogP contribution in [0, 0.1) is 10.1 Å². The quantitative estimate of drug-likeness (QED) is 0.436. The Labute approximate surface area is 150 Å². The number of hydrogen-bond acceptors (Lipinski definition) is 6. The summed E-state index contributed by atoms with van der Waals surface area (Å²) in [6.07, 6.45) is 0.707. The molecule has 140 valence electrons. The van der Waals surface area contributed by atoms with Crippen molar-refractivity contribution in [2.45, 2.75) is 33.2 Å². The van der Waals surface area contributed by atoms with Crippen molar-refractivity contribution in [1.29, 1.82) is 0 Å². The van der Waals surface area contributed by atoms with Gasteiger partial charge >= 0.3 is 17.7 Å². The molecule has 26 heavy (non-hydrogen) atoms. The third kappa shape index (κ3) is 4.11. The minimum atomic E-state index is -0.860. The minimum Gasteiger partial charge on any atom is -0.487 e. The second kappa shape index (κ2) is 8.32. The van der Waals surface area contributed by atoms with Crippen LogP contribution in [0.15, 0.2) is 29.5 Å². The molecule has 0 radical (unpaired) electrons. The molecule has 2 N–H and O–H groups in total. The number of amides is 2. The fourth-order valence-electron chi connectivity index (χ4n) is 2.61. The largest absolute Gasteiger partial charge is 0.487 e. The average Bonchev–Trinajstić information content (AvgIpc) is 2.59. The number of carbonyl (C=O) groups excluding carboxylic acids is 2. The zero-order chi connectivity index (χ0) is 19.3. The van der Waals surface area contributed by atoms with Crippen molar-refractivity contribution in [3.63, 3.8) is 0 Å². The fourth-order valence-corrected chi connectivity index (χ4v) is 2.61. The Balaban J connectivity index is 2.48. The lowest BCUT2D eigenvalue weighted by atomic mass is 9.95. The molecule has 1 heterocycles. The summed E-state index contributed by atoms with van der Waals surface area (Å²) in [5.74, 6) is -0.462. The molecule has 2 rings (SSSR count). The lowest BCUT2D eigenvalue weighted by Crippen LogP contribution is -2.45. The van der Waals surface area contributed by atoms with Crippen molar-refractivity contribution >= 4 is 17.7 Å². The second-order valence-electron chi connectivity index (χ2n) is 5.62. The maximum atomic E-state index is 12.3. The van der Waals surface area contributed by atoms with E-state index in [9.17, 15) is 19.7 Å². The number of nitro benzene ring substituents is 1. The van der Waals surface area contributed by atoms with Crippen LogP contribution in [0.4, 0.5) is 10.5 Å². The Kier molecular flexibility index (Phi) is 6.16. The van der Waals surface area contributed by atoms with Crippen LogP contribution in [-0.2, 0) is 9.53 Å². The summed E-state index contributed by atoms with van der Waals surface area (Å²) in [4.78, 5) is 35.0. The number of hydrogen-bond donors (Lipinski definition) is 2. The molecule has 9 heteroatoms. The molecule has 1 atom stereocenters. The number of nitro groups is 1. The highest BCUT2D eigenvalue weighted by Gasteiger charge is 2.33. The van der Waals surface area contributed by atoms with Gasteiger partial charge in [0.25, 0.3) is 0 Å². The highest BCUT2D eigenvalue weighted by Crippen LogP contribution is 2.34. The lowest BCUT2D eigenvalue weighted by Gasteiger charge is -2.28. The van der Waals surface area contributed by atoms with Gasteiger partial charge in [-0.25, -0.2) is 9.59 Å². The Bertz CT molecular complexity index is 759. The van der Waals surface area contributed by atoms with Gasteiger partial charge < -0.3 is 20.1 Å². The fraction of sp³-hybridized carbons (Fsp3) is 0.412. The summed E-state index contributed by atoms with van der Waals surface area (Å²) >= 11 is 0. The molecule has 0 spiro atoms. The van der Waals surface area contributed by atoms with E-state index in [4.69, 9.17) is 9.47 Å². The van der Waals surface area contributed by atoms with Gasteiger partial charge in [-0.15, -0.1) is 0 Å². The summed E-state index contributed by atoms with van der Waals surface area (Å²) in [7, 11) is 0. The number of ether oxygens (including phenoxy) is 2. The van der Waals surface area contributed by atoms with Crippen LogP contribution in [0.3, 0.4) is 0 Å². The minimum absolute atomic E-state index is 0.138. The van der Waals surface area contributed by atoms with Crippen LogP contribution in [0.1, 0.15) is 38.8 Å². The molecular weight excluding hydrogens is 342 g/mol. The van der Waals surface area contributed by atoms with Crippen LogP contribution in [-0.4, -0.2) is 30.1 Å². The maximum Gasteiger partial charge on any atom is 0.338 e. The molecule has 0 aromatic heterocycles. The van der Waals surface area contributed by atoms with E-state index in [1.807, 2.05) is 6.92 Å². The van der Waals surface area contributed by atoms with Crippen molar-refractivity contribution in [3.8, 4) is 5.75 Å². The zero-order valence-corrected chi connectivity index (χ0v) is 14.8. The monoisotopic (exact) mass is 363 g/mol. The van der Waals surface area contributed by atoms with Crippen molar-refractivity contribution in [1.82, 2.24) is 10.6 Å². The lowest BCUT2D eigenvalue weighted by molar-refractivity contribution is -0.385. The zero-order valence-electron chi connectivity index (χ0n) is 14.8. The first kappa shape index (κ1) is 19.2. The van der Waals surface area contributed by atoms with E-state index in [1.54, 1.807) is 19.9 Å². The maximum absolute atomic E-state index is 12.3. The number of nitrogens with one attached hydrogen (secondary N) is 2. The van der Waals surface area contributed by atoms with Gasteiger partial charge in [-0.2, -0.15) is 0 Å². The molecule has 9 nitrogen and oxygen atoms in total. The SMILES string of the molecule is CCCOc1ccc(C2NC(=O)NC(C)=C2C(=O)OCC)cc1[N+](=O)[O-]. The number of urea groups is 1. The molecule has 1 aromatic rings. The number of esters is 1. The van der Waals surface area contributed by atoms with Gasteiger partial charge in [0.1, 0.15) is 0 Å². The van der Waals surface area contributed by atoms with Crippen molar-refractivity contribution in [3.05, 3.63) is 45.1 Å². The van der Waals surface area contributed by atoms with Gasteiger partial charge in [0, 0.05) is 11.8 Å². The van der Waals surface area contributed by atoms with Crippen LogP contribution in [0.2, 0.25) is 0 Å². The van der Waals surface area contributed by atoms with Gasteiger partial charge in [-0.3, -0.25) is 10.1 Å². The molecular formula is C17H21N3O6. The summed E-state index contributed by atoms with van der Waals surface area (Å²) in [5.41, 5.74) is 0.691. The van der Waals surface area contributed by atoms with Gasteiger partial charge in [0.05, 0.1) is 29.8 Å². The number of rotatable bonds is 7. The topological polar surface area (TPSA) is 120 Å². The van der Waals surface area contributed by atoms with Crippen LogP contribution in [0.5, 0.6) is 5.75 Å². The van der Waals surface area contributed by atoms with Gasteiger partial charge in [0.2, 0.25) is 0 Å². The molecule has 0 aliphatic carbocycles. The number of nitrogens with zero attached hydrogens (tertiary/aromatic N) is 1. The third-order valence-electron chi connectivity index (χ3n) is 3.74. The van der Waals surface area contributed by atoms with Gasteiger partial charge in [-0.05, 0) is 31.9 Å². The van der Waals surface area contributed by atoms with Crippen molar-refractivity contribution in [2.75, 3.05) is 13.2 Å². The van der Waals surface area contributed by atoms with E-state index in [2.05, 4.69) is 10.6 Å². The first-order chi connectivity index (χ1) is 12.4. The predicted molar refractivity (Wildman–Crippen MR) is 92.6 cm³/mol. The van der Waals surface area contributed by atoms with E-state index in [-0.39, 0.29) is 23.6 Å². The summed E-state index contributed by atoms with van der Waals surface area (Å²) in [6, 6.07) is 2.99. The third-order valence-corrected chi connectivity index (χ3v) is 3.74. The molecule has 1 aliphatic heterocycles. The predicted octanol–water partition coefficient (Wildman–Crippen LogP) is 2.57. The Morgan fingerprint density at radius 3 is 2.69 bits per heavy atom. The van der Waals surface area contributed by atoms with Gasteiger partial charge in [-0.1, -0.05) is 13.0 Å². The first-order valence-electron chi connectivity index (χ1n) is 8.25. The molecule has 1 aromatic carbocycles. The molecule has 0 bridgehead atoms. The van der Waals surface area contributed by atoms with E-state index in [1.165, 1.54) is 12.1 Å². The molecule has 2 amide bonds. The van der Waals surface area contributed by atoms with E-state index < -0.39 is 23.0 Å². The number of carbonyl (C=O) groups is 2. The van der Waals surface area contributed by atoms with Crippen LogP contribution in [0.25, 0.3) is 0 Å². The van der Waals surface area contributed by atoms with Crippen molar-refractivity contribution < 1.29 is 24.0 Å². The highest BCUT2D eigenvalue weighted by molar-refractivity contribution is 5.95. The van der Waals surface area contributed by atoms with Crippen LogP contribution < -0.4 is 15.4 Å². The number of benzene rings is 1. The molecule has 0 saturated heterocycles. The van der Waals surface area contributed by atoms with E-state index in [0.717, 1.165) is 0 Å². The Morgan fingerprint density at radius 2 is 2.08 bits per heavy atom.